The standard InChI is InChI=1S/C9H18NO.ClH.H2O/c1-5-7-10(4,8-6-2)9(3)11;;/h5H,1,6-8H2,2-4H3;1H;1H2/q+1;;/p-1. The molecule has 1 unspecified atom stereocenters. The number of quaternary nitrogens is 1. The monoisotopic (exact) mass is 209 g/mol. The highest BCUT2D eigenvalue weighted by Crippen LogP contribution is 2.04. The molecule has 0 aromatic heterocycles. The molecular formula is C9H20ClNO2. The topological polar surface area (TPSA) is 48.6 Å². The third-order valence-electron chi connectivity index (χ3n) is 2.01. The number of hydrogen-bond donors (Lipinski definition) is 0. The summed E-state index contributed by atoms with van der Waals surface area (Å²) in [7, 11) is 1.95. The molecule has 0 spiro atoms. The largest absolute Gasteiger partial charge is 1.00 e. The molecule has 0 saturated carbocycles. The van der Waals surface area contributed by atoms with E-state index in [2.05, 4.69) is 13.5 Å². The summed E-state index contributed by atoms with van der Waals surface area (Å²) in [5.74, 6) is 0.215. The SMILES string of the molecule is C=CC[N+](C)(CCC)C(C)=O.O.[Cl-]. The number of halogens is 1. The maximum atomic E-state index is 11.2. The van der Waals surface area contributed by atoms with Crippen LogP contribution in [0, 0.1) is 0 Å². The van der Waals surface area contributed by atoms with Crippen molar-refractivity contribution in [2.75, 3.05) is 20.1 Å². The van der Waals surface area contributed by atoms with Gasteiger partial charge in [-0.2, -0.15) is 0 Å². The van der Waals surface area contributed by atoms with Gasteiger partial charge in [0.05, 0.1) is 20.5 Å². The van der Waals surface area contributed by atoms with E-state index in [-0.39, 0.29) is 23.8 Å². The zero-order valence-corrected chi connectivity index (χ0v) is 9.40. The van der Waals surface area contributed by atoms with Gasteiger partial charge in [0, 0.05) is 0 Å². The molecule has 3 nitrogen and oxygen atoms in total. The van der Waals surface area contributed by atoms with E-state index < -0.39 is 0 Å². The van der Waals surface area contributed by atoms with Gasteiger partial charge in [-0.15, -0.1) is 0 Å². The average molecular weight is 210 g/mol. The summed E-state index contributed by atoms with van der Waals surface area (Å²) in [5.41, 5.74) is 0. The zero-order chi connectivity index (χ0) is 8.91. The van der Waals surface area contributed by atoms with Crippen LogP contribution >= 0.6 is 0 Å². The Morgan fingerprint density at radius 2 is 2.00 bits per heavy atom. The lowest BCUT2D eigenvalue weighted by molar-refractivity contribution is -0.827. The number of hydrogen-bond acceptors (Lipinski definition) is 1. The molecule has 0 aliphatic carbocycles. The normalized spacial score (nSPS) is 13.2. The smallest absolute Gasteiger partial charge is 0.310 e. The van der Waals surface area contributed by atoms with E-state index in [0.717, 1.165) is 19.5 Å². The quantitative estimate of drug-likeness (QED) is 0.382. The van der Waals surface area contributed by atoms with Gasteiger partial charge < -0.3 is 17.9 Å². The minimum atomic E-state index is 0. The fourth-order valence-electron chi connectivity index (χ4n) is 1.16. The Bertz CT molecular complexity index is 162. The van der Waals surface area contributed by atoms with Crippen LogP contribution in [0.2, 0.25) is 0 Å². The Morgan fingerprint density at radius 1 is 1.54 bits per heavy atom. The van der Waals surface area contributed by atoms with Crippen LogP contribution in [0.3, 0.4) is 0 Å². The van der Waals surface area contributed by atoms with E-state index in [4.69, 9.17) is 0 Å². The van der Waals surface area contributed by atoms with Crippen LogP contribution in [-0.2, 0) is 4.79 Å². The summed E-state index contributed by atoms with van der Waals surface area (Å²) >= 11 is 0. The number of rotatable bonds is 4. The predicted molar refractivity (Wildman–Crippen MR) is 50.7 cm³/mol. The van der Waals surface area contributed by atoms with Crippen molar-refractivity contribution in [2.45, 2.75) is 20.3 Å². The summed E-state index contributed by atoms with van der Waals surface area (Å²) in [6, 6.07) is 0. The average Bonchev–Trinajstić information content (AvgIpc) is 1.88. The molecule has 0 bridgehead atoms. The van der Waals surface area contributed by atoms with Crippen molar-refractivity contribution in [1.29, 1.82) is 0 Å². The first kappa shape index (κ1) is 18.4. The van der Waals surface area contributed by atoms with Crippen molar-refractivity contribution in [2.24, 2.45) is 0 Å². The summed E-state index contributed by atoms with van der Waals surface area (Å²) in [5, 5.41) is 0. The summed E-state index contributed by atoms with van der Waals surface area (Å²) in [6.07, 6.45) is 2.83. The van der Waals surface area contributed by atoms with Crippen molar-refractivity contribution in [3.05, 3.63) is 12.7 Å². The Hall–Kier alpha value is -0.380. The van der Waals surface area contributed by atoms with Gasteiger partial charge in [0.25, 0.3) is 0 Å². The lowest BCUT2D eigenvalue weighted by Gasteiger charge is -2.28. The minimum Gasteiger partial charge on any atom is -1.00 e. The van der Waals surface area contributed by atoms with Gasteiger partial charge in [0.15, 0.2) is 0 Å². The lowest BCUT2D eigenvalue weighted by atomic mass is 10.3. The minimum absolute atomic E-state index is 0. The first-order chi connectivity index (χ1) is 5.06. The molecule has 0 aromatic rings. The first-order valence-electron chi connectivity index (χ1n) is 4.03. The van der Waals surface area contributed by atoms with Crippen LogP contribution in [0.4, 0.5) is 0 Å². The van der Waals surface area contributed by atoms with Gasteiger partial charge in [0.2, 0.25) is 0 Å². The summed E-state index contributed by atoms with van der Waals surface area (Å²) < 4.78 is 0.486. The van der Waals surface area contributed by atoms with Gasteiger partial charge in [0.1, 0.15) is 6.54 Å². The van der Waals surface area contributed by atoms with Crippen LogP contribution in [0.25, 0.3) is 0 Å². The van der Waals surface area contributed by atoms with Gasteiger partial charge >= 0.3 is 5.91 Å². The molecule has 0 fully saturated rings. The van der Waals surface area contributed by atoms with Gasteiger partial charge in [-0.1, -0.05) is 13.5 Å². The Morgan fingerprint density at radius 3 is 2.23 bits per heavy atom. The molecule has 1 amide bonds. The molecule has 4 heteroatoms. The summed E-state index contributed by atoms with van der Waals surface area (Å²) in [4.78, 5) is 11.2. The molecule has 0 radical (unpaired) electrons. The van der Waals surface area contributed by atoms with Crippen LogP contribution in [-0.4, -0.2) is 36.0 Å². The number of carbonyl (C=O) groups is 1. The highest BCUT2D eigenvalue weighted by Gasteiger charge is 2.24. The summed E-state index contributed by atoms with van der Waals surface area (Å²) in [6.45, 7) is 9.01. The second-order valence-corrected chi connectivity index (χ2v) is 3.11. The molecule has 0 rings (SSSR count). The van der Waals surface area contributed by atoms with E-state index in [1.54, 1.807) is 13.0 Å². The molecule has 1 atom stereocenters. The number of likely N-dealkylation sites (N-methyl/N-ethyl adjacent to an activating group) is 1. The molecule has 0 heterocycles. The van der Waals surface area contributed by atoms with Crippen LogP contribution in [0.5, 0.6) is 0 Å². The predicted octanol–water partition coefficient (Wildman–Crippen LogP) is -2.25. The molecule has 0 aliphatic heterocycles. The lowest BCUT2D eigenvalue weighted by Crippen LogP contribution is -3.00. The third-order valence-corrected chi connectivity index (χ3v) is 2.01. The van der Waals surface area contributed by atoms with Gasteiger partial charge in [-0.25, -0.2) is 4.79 Å². The third kappa shape index (κ3) is 5.80. The van der Waals surface area contributed by atoms with E-state index in [1.165, 1.54) is 0 Å². The Labute approximate surface area is 86.7 Å². The van der Waals surface area contributed by atoms with Crippen molar-refractivity contribution in [1.82, 2.24) is 0 Å². The Balaban J connectivity index is -0.000000500. The molecule has 2 N–H and O–H groups in total. The maximum absolute atomic E-state index is 11.2. The zero-order valence-electron chi connectivity index (χ0n) is 8.64. The highest BCUT2D eigenvalue weighted by atomic mass is 35.5. The number of nitrogens with zero attached hydrogens (tertiary/aromatic N) is 1. The van der Waals surface area contributed by atoms with Crippen LogP contribution < -0.4 is 12.4 Å². The second kappa shape index (κ2) is 8.23. The van der Waals surface area contributed by atoms with E-state index in [1.807, 2.05) is 7.05 Å². The molecular weight excluding hydrogens is 190 g/mol. The first-order valence-corrected chi connectivity index (χ1v) is 4.03. The molecule has 13 heavy (non-hydrogen) atoms. The number of carbonyl (C=O) groups excluding carboxylic acids is 1. The Kier molecular flexibility index (Phi) is 11.7. The number of amides is 1. The van der Waals surface area contributed by atoms with Gasteiger partial charge in [-0.3, -0.25) is 4.48 Å². The molecule has 80 valence electrons. The molecule has 0 saturated heterocycles. The second-order valence-electron chi connectivity index (χ2n) is 3.11. The van der Waals surface area contributed by atoms with Crippen molar-refractivity contribution in [3.8, 4) is 0 Å². The van der Waals surface area contributed by atoms with Crippen molar-refractivity contribution >= 4 is 5.91 Å². The molecule has 0 aromatic carbocycles. The maximum Gasteiger partial charge on any atom is 0.310 e. The van der Waals surface area contributed by atoms with Crippen LogP contribution in [0.15, 0.2) is 12.7 Å². The molecule has 0 aliphatic rings. The van der Waals surface area contributed by atoms with E-state index >= 15 is 0 Å². The highest BCUT2D eigenvalue weighted by molar-refractivity contribution is 5.65. The van der Waals surface area contributed by atoms with Crippen LogP contribution in [0.1, 0.15) is 20.3 Å². The fraction of sp³-hybridized carbons (Fsp3) is 0.667. The van der Waals surface area contributed by atoms with Crippen molar-refractivity contribution in [3.63, 3.8) is 0 Å². The van der Waals surface area contributed by atoms with E-state index in [0.29, 0.717) is 4.48 Å². The van der Waals surface area contributed by atoms with Gasteiger partial charge in [-0.05, 0) is 12.5 Å². The fourth-order valence-corrected chi connectivity index (χ4v) is 1.16. The van der Waals surface area contributed by atoms with E-state index in [9.17, 15) is 4.79 Å². The van der Waals surface area contributed by atoms with Crippen molar-refractivity contribution < 1.29 is 27.2 Å².